The zero-order valence-electron chi connectivity index (χ0n) is 9.32. The van der Waals surface area contributed by atoms with E-state index in [-0.39, 0.29) is 0 Å². The third kappa shape index (κ3) is 5.08. The molecule has 0 bridgehead atoms. The summed E-state index contributed by atoms with van der Waals surface area (Å²) < 4.78 is 20.2. The molecule has 0 fully saturated rings. The van der Waals surface area contributed by atoms with Crippen LogP contribution >= 0.6 is 0 Å². The molecule has 0 aliphatic carbocycles. The Hall–Kier alpha value is -0.693. The zero-order chi connectivity index (χ0) is 11.7. The molecule has 0 saturated carbocycles. The van der Waals surface area contributed by atoms with Gasteiger partial charge >= 0.3 is 14.8 Å². The monoisotopic (exact) mass is 233 g/mol. The molecule has 0 atom stereocenters. The van der Waals surface area contributed by atoms with Crippen molar-refractivity contribution in [3.05, 3.63) is 19.3 Å². The van der Waals surface area contributed by atoms with Crippen LogP contribution in [0.25, 0.3) is 0 Å². The summed E-state index contributed by atoms with van der Waals surface area (Å²) >= 11 is 0. The van der Waals surface area contributed by atoms with Gasteiger partial charge in [0.1, 0.15) is 6.61 Å². The summed E-state index contributed by atoms with van der Waals surface area (Å²) in [5.41, 5.74) is 0. The van der Waals surface area contributed by atoms with Crippen molar-refractivity contribution in [2.75, 3.05) is 21.3 Å². The van der Waals surface area contributed by atoms with E-state index in [0.717, 1.165) is 6.08 Å². The molecule has 0 rings (SSSR count). The number of carbonyl (C=O) groups excluding carboxylic acids is 1. The summed E-state index contributed by atoms with van der Waals surface area (Å²) in [7, 11) is 2.06. The van der Waals surface area contributed by atoms with Crippen molar-refractivity contribution in [3.8, 4) is 0 Å². The lowest BCUT2D eigenvalue weighted by Crippen LogP contribution is -2.42. The van der Waals surface area contributed by atoms with E-state index >= 15 is 0 Å². The molecule has 0 aliphatic rings. The normalized spacial score (nSPS) is 11.1. The van der Waals surface area contributed by atoms with E-state index in [1.807, 2.05) is 0 Å². The van der Waals surface area contributed by atoms with E-state index in [4.69, 9.17) is 18.0 Å². The van der Waals surface area contributed by atoms with Crippen molar-refractivity contribution >= 4 is 14.8 Å². The molecule has 0 spiro atoms. The van der Waals surface area contributed by atoms with Crippen molar-refractivity contribution in [2.24, 2.45) is 0 Å². The molecule has 0 unspecified atom stereocenters. The van der Waals surface area contributed by atoms with Crippen LogP contribution in [0, 0.1) is 6.61 Å². The van der Waals surface area contributed by atoms with Gasteiger partial charge in [-0.3, -0.25) is 0 Å². The maximum atomic E-state index is 10.7. The summed E-state index contributed by atoms with van der Waals surface area (Å²) in [5, 5.41) is 0. The van der Waals surface area contributed by atoms with Gasteiger partial charge in [0.2, 0.25) is 0 Å². The molecule has 1 radical (unpaired) electrons. The Balaban J connectivity index is 3.81. The Labute approximate surface area is 91.3 Å². The summed E-state index contributed by atoms with van der Waals surface area (Å²) in [6.07, 6.45) is 1.62. The first-order valence-corrected chi connectivity index (χ1v) is 6.37. The van der Waals surface area contributed by atoms with Gasteiger partial charge in [0.05, 0.1) is 0 Å². The molecule has 0 aliphatic heterocycles. The maximum absolute atomic E-state index is 10.7. The van der Waals surface area contributed by atoms with Crippen LogP contribution in [0.5, 0.6) is 0 Å². The van der Waals surface area contributed by atoms with E-state index in [1.54, 1.807) is 0 Å². The second kappa shape index (κ2) is 7.58. The van der Waals surface area contributed by atoms with Crippen molar-refractivity contribution in [1.29, 1.82) is 0 Å². The molecule has 0 saturated heterocycles. The van der Waals surface area contributed by atoms with Crippen LogP contribution in [0.3, 0.4) is 0 Å². The van der Waals surface area contributed by atoms with Crippen LogP contribution in [-0.2, 0) is 22.8 Å². The molecule has 0 amide bonds. The highest BCUT2D eigenvalue weighted by molar-refractivity contribution is 6.60. The van der Waals surface area contributed by atoms with Crippen LogP contribution in [0.2, 0.25) is 6.04 Å². The van der Waals surface area contributed by atoms with E-state index in [2.05, 4.69) is 6.58 Å². The number of carbonyl (C=O) groups is 1. The Morgan fingerprint density at radius 3 is 2.20 bits per heavy atom. The van der Waals surface area contributed by atoms with Crippen LogP contribution in [-0.4, -0.2) is 36.1 Å². The van der Waals surface area contributed by atoms with Crippen LogP contribution in [0.1, 0.15) is 6.42 Å². The fourth-order valence-corrected chi connectivity index (χ4v) is 2.56. The topological polar surface area (TPSA) is 54.0 Å². The highest BCUT2D eigenvalue weighted by Crippen LogP contribution is 2.15. The van der Waals surface area contributed by atoms with Crippen molar-refractivity contribution in [2.45, 2.75) is 12.5 Å². The number of hydrogen-bond donors (Lipinski definition) is 0. The van der Waals surface area contributed by atoms with E-state index in [0.29, 0.717) is 12.5 Å². The molecule has 0 heterocycles. The number of esters is 1. The summed E-state index contributed by atoms with van der Waals surface area (Å²) in [4.78, 5) is 10.7. The summed E-state index contributed by atoms with van der Waals surface area (Å²) in [5.74, 6) is -0.477. The number of ether oxygens (including phenoxy) is 1. The van der Waals surface area contributed by atoms with Gasteiger partial charge in [-0.1, -0.05) is 6.58 Å². The minimum absolute atomic E-state index is 0.477. The molecule has 0 aromatic carbocycles. The van der Waals surface area contributed by atoms with Gasteiger partial charge < -0.3 is 18.0 Å². The summed E-state index contributed by atoms with van der Waals surface area (Å²) in [6, 6.07) is 0.556. The van der Waals surface area contributed by atoms with Gasteiger partial charge in [-0.2, -0.15) is 0 Å². The second-order valence-corrected chi connectivity index (χ2v) is 5.73. The molecule has 0 N–H and O–H groups in total. The summed E-state index contributed by atoms with van der Waals surface area (Å²) in [6.45, 7) is 4.67. The third-order valence-corrected chi connectivity index (χ3v) is 4.63. The first kappa shape index (κ1) is 14.3. The van der Waals surface area contributed by atoms with Gasteiger partial charge in [-0.05, 0) is 6.42 Å². The standard InChI is InChI=1S/C9H17O5Si/c1-5-9(10)14-7-6-8-15(11-2,12-3)13-4/h5,7H,1,6,8H2,2-4H3. The lowest BCUT2D eigenvalue weighted by atomic mass is 10.5. The van der Waals surface area contributed by atoms with Crippen LogP contribution in [0.15, 0.2) is 12.7 Å². The van der Waals surface area contributed by atoms with Gasteiger partial charge in [-0.15, -0.1) is 0 Å². The Bertz CT molecular complexity index is 194. The highest BCUT2D eigenvalue weighted by Gasteiger charge is 2.37. The fraction of sp³-hybridized carbons (Fsp3) is 0.556. The Kier molecular flexibility index (Phi) is 7.23. The highest BCUT2D eigenvalue weighted by atomic mass is 28.4. The molecule has 87 valence electrons. The predicted molar refractivity (Wildman–Crippen MR) is 56.8 cm³/mol. The van der Waals surface area contributed by atoms with Crippen molar-refractivity contribution in [3.63, 3.8) is 0 Å². The molecule has 0 aromatic rings. The molecular weight excluding hydrogens is 216 g/mol. The number of hydrogen-bond acceptors (Lipinski definition) is 5. The molecule has 0 aromatic heterocycles. The van der Waals surface area contributed by atoms with Crippen molar-refractivity contribution in [1.82, 2.24) is 0 Å². The third-order valence-electron chi connectivity index (χ3n) is 1.87. The quantitative estimate of drug-likeness (QED) is 0.272. The first-order valence-electron chi connectivity index (χ1n) is 4.44. The minimum Gasteiger partial charge on any atom is -0.455 e. The number of rotatable bonds is 8. The zero-order valence-corrected chi connectivity index (χ0v) is 10.3. The molecule has 6 heteroatoms. The maximum Gasteiger partial charge on any atom is 0.500 e. The molecule has 15 heavy (non-hydrogen) atoms. The molecular formula is C9H17O5Si. The predicted octanol–water partition coefficient (Wildman–Crippen LogP) is 1.15. The van der Waals surface area contributed by atoms with Gasteiger partial charge in [0.25, 0.3) is 0 Å². The van der Waals surface area contributed by atoms with E-state index in [1.165, 1.54) is 27.9 Å². The first-order chi connectivity index (χ1) is 7.14. The molecule has 5 nitrogen and oxygen atoms in total. The van der Waals surface area contributed by atoms with Crippen LogP contribution < -0.4 is 0 Å². The van der Waals surface area contributed by atoms with Gasteiger partial charge in [0.15, 0.2) is 0 Å². The van der Waals surface area contributed by atoms with Gasteiger partial charge in [0, 0.05) is 33.4 Å². The van der Waals surface area contributed by atoms with E-state index in [9.17, 15) is 4.79 Å². The van der Waals surface area contributed by atoms with Crippen LogP contribution in [0.4, 0.5) is 0 Å². The Morgan fingerprint density at radius 1 is 1.27 bits per heavy atom. The smallest absolute Gasteiger partial charge is 0.455 e. The van der Waals surface area contributed by atoms with E-state index < -0.39 is 14.8 Å². The lowest BCUT2D eigenvalue weighted by Gasteiger charge is -2.23. The average Bonchev–Trinajstić information content (AvgIpc) is 2.30. The SMILES string of the molecule is C=CC(=O)O[CH]CC[Si](OC)(OC)OC. The fourth-order valence-electron chi connectivity index (χ4n) is 0.981. The van der Waals surface area contributed by atoms with Gasteiger partial charge in [-0.25, -0.2) is 4.79 Å². The minimum atomic E-state index is -2.55. The largest absolute Gasteiger partial charge is 0.500 e. The lowest BCUT2D eigenvalue weighted by molar-refractivity contribution is -0.134. The average molecular weight is 233 g/mol. The Morgan fingerprint density at radius 2 is 1.80 bits per heavy atom. The second-order valence-electron chi connectivity index (χ2n) is 2.64. The van der Waals surface area contributed by atoms with Crippen molar-refractivity contribution < 1.29 is 22.8 Å².